The summed E-state index contributed by atoms with van der Waals surface area (Å²) < 4.78 is 5.24. The van der Waals surface area contributed by atoms with Crippen LogP contribution < -0.4 is 10.3 Å². The van der Waals surface area contributed by atoms with Gasteiger partial charge in [-0.3, -0.25) is 4.79 Å². The summed E-state index contributed by atoms with van der Waals surface area (Å²) in [5, 5.41) is 4.96. The van der Waals surface area contributed by atoms with Crippen molar-refractivity contribution in [1.82, 2.24) is 5.43 Å². The molecule has 20 heavy (non-hydrogen) atoms. The number of halogens is 2. The lowest BCUT2D eigenvalue weighted by molar-refractivity contribution is -0.900. The molecule has 1 amide bonds. The van der Waals surface area contributed by atoms with E-state index in [1.807, 2.05) is 0 Å². The smallest absolute Gasteiger partial charge is 0.295 e. The number of benzene rings is 1. The van der Waals surface area contributed by atoms with Gasteiger partial charge in [0.25, 0.3) is 5.91 Å². The number of hydrogen-bond acceptors (Lipinski definition) is 3. The van der Waals surface area contributed by atoms with Crippen molar-refractivity contribution < 1.29 is 14.4 Å². The molecule has 0 atom stereocenters. The second-order valence-corrected chi connectivity index (χ2v) is 5.34. The fraction of sp³-hybridized carbons (Fsp3) is 0.385. The number of hydrogen-bond donors (Lipinski definition) is 2. The Kier molecular flexibility index (Phi) is 5.79. The Balaban J connectivity index is 1.81. The first kappa shape index (κ1) is 15.3. The minimum Gasteiger partial charge on any atom is -0.370 e. The van der Waals surface area contributed by atoms with E-state index in [4.69, 9.17) is 27.9 Å². The molecule has 0 aliphatic carbocycles. The highest BCUT2D eigenvalue weighted by Gasteiger charge is 2.16. The van der Waals surface area contributed by atoms with Gasteiger partial charge in [0.1, 0.15) is 13.1 Å². The van der Waals surface area contributed by atoms with Crippen LogP contribution in [-0.4, -0.2) is 45.0 Å². The van der Waals surface area contributed by atoms with Gasteiger partial charge in [0.05, 0.1) is 24.5 Å². The largest absolute Gasteiger partial charge is 0.370 e. The van der Waals surface area contributed by atoms with Crippen molar-refractivity contribution in [3.05, 3.63) is 33.8 Å². The van der Waals surface area contributed by atoms with E-state index in [1.165, 1.54) is 11.1 Å². The van der Waals surface area contributed by atoms with Crippen LogP contribution in [-0.2, 0) is 9.53 Å². The van der Waals surface area contributed by atoms with Gasteiger partial charge in [0, 0.05) is 10.6 Å². The predicted molar refractivity (Wildman–Crippen MR) is 78.6 cm³/mol. The molecule has 0 bridgehead atoms. The first-order valence-corrected chi connectivity index (χ1v) is 7.09. The number of rotatable bonds is 4. The fourth-order valence-electron chi connectivity index (χ4n) is 1.88. The summed E-state index contributed by atoms with van der Waals surface area (Å²) in [6, 6.07) is 5.09. The number of amides is 1. The topological polar surface area (TPSA) is 55.1 Å². The zero-order chi connectivity index (χ0) is 14.4. The molecule has 1 saturated heterocycles. The van der Waals surface area contributed by atoms with E-state index in [1.54, 1.807) is 18.2 Å². The minimum atomic E-state index is -0.122. The third kappa shape index (κ3) is 4.76. The number of quaternary nitrogens is 1. The van der Waals surface area contributed by atoms with Crippen LogP contribution in [0, 0.1) is 0 Å². The van der Waals surface area contributed by atoms with E-state index in [-0.39, 0.29) is 5.91 Å². The summed E-state index contributed by atoms with van der Waals surface area (Å²) in [6.45, 7) is 3.49. The highest BCUT2D eigenvalue weighted by atomic mass is 35.5. The van der Waals surface area contributed by atoms with E-state index < -0.39 is 0 Å². The third-order valence-electron chi connectivity index (χ3n) is 2.97. The minimum absolute atomic E-state index is 0.122. The SMILES string of the molecule is O=C(C[NH+]1CCOCC1)N/N=C\c1ccc(Cl)cc1Cl. The van der Waals surface area contributed by atoms with Crippen molar-refractivity contribution in [2.75, 3.05) is 32.8 Å². The summed E-state index contributed by atoms with van der Waals surface area (Å²) in [6.07, 6.45) is 1.51. The highest BCUT2D eigenvalue weighted by molar-refractivity contribution is 6.36. The molecular formula is C13H16Cl2N3O2+. The Labute approximate surface area is 127 Å². The number of carbonyl (C=O) groups excluding carboxylic acids is 1. The standard InChI is InChI=1S/C13H15Cl2N3O2/c14-11-2-1-10(12(15)7-11)8-16-17-13(19)9-18-3-5-20-6-4-18/h1-2,7-8H,3-6,9H2,(H,17,19)/p+1/b16-8-. The molecule has 1 aliphatic rings. The Morgan fingerprint density at radius 3 is 2.85 bits per heavy atom. The Morgan fingerprint density at radius 1 is 1.40 bits per heavy atom. The number of nitrogens with one attached hydrogen (secondary N) is 2. The monoisotopic (exact) mass is 316 g/mol. The molecule has 0 radical (unpaired) electrons. The van der Waals surface area contributed by atoms with Crippen LogP contribution in [0.3, 0.4) is 0 Å². The molecular weight excluding hydrogens is 301 g/mol. The summed E-state index contributed by atoms with van der Waals surface area (Å²) in [5.74, 6) is -0.122. The molecule has 0 saturated carbocycles. The lowest BCUT2D eigenvalue weighted by atomic mass is 10.2. The van der Waals surface area contributed by atoms with Crippen molar-refractivity contribution in [3.63, 3.8) is 0 Å². The first-order chi connectivity index (χ1) is 9.65. The average molecular weight is 317 g/mol. The molecule has 2 rings (SSSR count). The van der Waals surface area contributed by atoms with Crippen molar-refractivity contribution in [1.29, 1.82) is 0 Å². The molecule has 1 aromatic rings. The number of carbonyl (C=O) groups is 1. The fourth-order valence-corrected chi connectivity index (χ4v) is 2.34. The van der Waals surface area contributed by atoms with Gasteiger partial charge in [-0.2, -0.15) is 5.10 Å². The molecule has 1 heterocycles. The first-order valence-electron chi connectivity index (χ1n) is 6.33. The van der Waals surface area contributed by atoms with Crippen LogP contribution in [0.25, 0.3) is 0 Å². The molecule has 5 nitrogen and oxygen atoms in total. The van der Waals surface area contributed by atoms with E-state index in [2.05, 4.69) is 10.5 Å². The van der Waals surface area contributed by atoms with Crippen LogP contribution in [0.15, 0.2) is 23.3 Å². The molecule has 1 fully saturated rings. The second kappa shape index (κ2) is 7.59. The molecule has 0 spiro atoms. The predicted octanol–water partition coefficient (Wildman–Crippen LogP) is 0.359. The van der Waals surface area contributed by atoms with Gasteiger partial charge < -0.3 is 9.64 Å². The van der Waals surface area contributed by atoms with Gasteiger partial charge in [-0.05, 0) is 12.1 Å². The maximum atomic E-state index is 11.7. The summed E-state index contributed by atoms with van der Waals surface area (Å²) in [5.41, 5.74) is 3.20. The second-order valence-electron chi connectivity index (χ2n) is 4.50. The summed E-state index contributed by atoms with van der Waals surface area (Å²) in [7, 11) is 0. The average Bonchev–Trinajstić information content (AvgIpc) is 2.42. The summed E-state index contributed by atoms with van der Waals surface area (Å²) in [4.78, 5) is 12.9. The van der Waals surface area contributed by atoms with E-state index >= 15 is 0 Å². The number of ether oxygens (including phenoxy) is 1. The normalized spacial score (nSPS) is 16.5. The van der Waals surface area contributed by atoms with Crippen molar-refractivity contribution in [2.45, 2.75) is 0 Å². The van der Waals surface area contributed by atoms with E-state index in [9.17, 15) is 4.79 Å². The van der Waals surface area contributed by atoms with E-state index in [0.29, 0.717) is 35.4 Å². The Morgan fingerprint density at radius 2 is 2.15 bits per heavy atom. The van der Waals surface area contributed by atoms with Gasteiger partial charge in [-0.1, -0.05) is 29.3 Å². The van der Waals surface area contributed by atoms with Crippen molar-refractivity contribution in [3.8, 4) is 0 Å². The van der Waals surface area contributed by atoms with Crippen LogP contribution in [0.2, 0.25) is 10.0 Å². The third-order valence-corrected chi connectivity index (χ3v) is 3.53. The van der Waals surface area contributed by atoms with Crippen LogP contribution in [0.4, 0.5) is 0 Å². The zero-order valence-electron chi connectivity index (χ0n) is 10.9. The van der Waals surface area contributed by atoms with Crippen molar-refractivity contribution in [2.24, 2.45) is 5.10 Å². The van der Waals surface area contributed by atoms with Gasteiger partial charge in [-0.15, -0.1) is 0 Å². The van der Waals surface area contributed by atoms with Crippen molar-refractivity contribution >= 4 is 35.3 Å². The van der Waals surface area contributed by atoms with Crippen LogP contribution in [0.1, 0.15) is 5.56 Å². The molecule has 2 N–H and O–H groups in total. The highest BCUT2D eigenvalue weighted by Crippen LogP contribution is 2.19. The lowest BCUT2D eigenvalue weighted by Gasteiger charge is -2.22. The lowest BCUT2D eigenvalue weighted by Crippen LogP contribution is -3.15. The summed E-state index contributed by atoms with van der Waals surface area (Å²) >= 11 is 11.8. The number of nitrogens with zero attached hydrogens (tertiary/aromatic N) is 1. The molecule has 1 aromatic carbocycles. The van der Waals surface area contributed by atoms with E-state index in [0.717, 1.165) is 13.1 Å². The molecule has 108 valence electrons. The van der Waals surface area contributed by atoms with Gasteiger partial charge in [-0.25, -0.2) is 5.43 Å². The van der Waals surface area contributed by atoms with Gasteiger partial charge in [0.2, 0.25) is 0 Å². The molecule has 1 aliphatic heterocycles. The quantitative estimate of drug-likeness (QED) is 0.622. The van der Waals surface area contributed by atoms with Crippen LogP contribution in [0.5, 0.6) is 0 Å². The number of morpholine rings is 1. The molecule has 7 heteroatoms. The Bertz CT molecular complexity index is 502. The number of hydrazone groups is 1. The van der Waals surface area contributed by atoms with Crippen LogP contribution >= 0.6 is 23.2 Å². The maximum Gasteiger partial charge on any atom is 0.295 e. The van der Waals surface area contributed by atoms with Gasteiger partial charge in [0.15, 0.2) is 6.54 Å². The van der Waals surface area contributed by atoms with Gasteiger partial charge >= 0.3 is 0 Å². The Hall–Kier alpha value is -1.14. The molecule has 0 aromatic heterocycles. The molecule has 0 unspecified atom stereocenters. The maximum absolute atomic E-state index is 11.7. The zero-order valence-corrected chi connectivity index (χ0v) is 12.4.